The van der Waals surface area contributed by atoms with Gasteiger partial charge in [-0.25, -0.2) is 4.79 Å². The lowest BCUT2D eigenvalue weighted by atomic mass is 9.93. The number of carbonyl (C=O) groups excluding carboxylic acids is 1. The molecule has 3 unspecified atom stereocenters. The van der Waals surface area contributed by atoms with Crippen molar-refractivity contribution in [1.82, 2.24) is 10.2 Å². The summed E-state index contributed by atoms with van der Waals surface area (Å²) in [4.78, 5) is 14.2. The number of methoxy groups -OCH3 is 1. The number of hydrogen-bond acceptors (Lipinski definition) is 4. The van der Waals surface area contributed by atoms with Gasteiger partial charge in [0.25, 0.3) is 0 Å². The number of carbonyl (C=O) groups is 1. The van der Waals surface area contributed by atoms with Crippen LogP contribution in [0.2, 0.25) is 0 Å². The molecule has 0 saturated carbocycles. The van der Waals surface area contributed by atoms with Crippen LogP contribution in [0.4, 0.5) is 0 Å². The van der Waals surface area contributed by atoms with Crippen LogP contribution in [-0.4, -0.2) is 43.7 Å². The van der Waals surface area contributed by atoms with Gasteiger partial charge in [-0.2, -0.15) is 0 Å². The Balaban J connectivity index is 1.73. The van der Waals surface area contributed by atoms with E-state index in [-0.39, 0.29) is 5.97 Å². The molecule has 0 spiro atoms. The Labute approximate surface area is 126 Å². The number of hydrogen-bond donors (Lipinski definition) is 1. The van der Waals surface area contributed by atoms with Crippen molar-refractivity contribution in [3.8, 4) is 0 Å². The first-order chi connectivity index (χ1) is 10.2. The molecule has 2 aliphatic rings. The van der Waals surface area contributed by atoms with Gasteiger partial charge in [-0.05, 0) is 49.0 Å². The molecule has 0 aromatic heterocycles. The fourth-order valence-corrected chi connectivity index (χ4v) is 4.00. The molecule has 0 amide bonds. The summed E-state index contributed by atoms with van der Waals surface area (Å²) in [7, 11) is 1.43. The van der Waals surface area contributed by atoms with Gasteiger partial charge in [-0.15, -0.1) is 0 Å². The summed E-state index contributed by atoms with van der Waals surface area (Å²) in [5, 5.41) is 3.52. The number of nitrogens with zero attached hydrogens (tertiary/aromatic N) is 1. The summed E-state index contributed by atoms with van der Waals surface area (Å²) >= 11 is 0. The van der Waals surface area contributed by atoms with Crippen molar-refractivity contribution in [2.75, 3.05) is 26.7 Å². The Morgan fingerprint density at radius 2 is 2.29 bits per heavy atom. The number of likely N-dealkylation sites (tertiary alicyclic amines) is 1. The molecule has 2 fully saturated rings. The monoisotopic (exact) mass is 288 g/mol. The van der Waals surface area contributed by atoms with Gasteiger partial charge in [0.15, 0.2) is 0 Å². The predicted octanol–water partition coefficient (Wildman–Crippen LogP) is 1.90. The normalized spacial score (nSPS) is 28.6. The lowest BCUT2D eigenvalue weighted by Crippen LogP contribution is -2.34. The molecule has 2 saturated heterocycles. The summed E-state index contributed by atoms with van der Waals surface area (Å²) in [6.45, 7) is 6.68. The molecule has 2 aliphatic heterocycles. The smallest absolute Gasteiger partial charge is 0.337 e. The van der Waals surface area contributed by atoms with Crippen LogP contribution >= 0.6 is 0 Å². The minimum atomic E-state index is -0.258. The van der Waals surface area contributed by atoms with E-state index in [4.69, 9.17) is 4.74 Å². The first-order valence-electron chi connectivity index (χ1n) is 7.85. The Bertz CT molecular complexity index is 517. The van der Waals surface area contributed by atoms with Gasteiger partial charge < -0.3 is 10.1 Å². The van der Waals surface area contributed by atoms with E-state index < -0.39 is 0 Å². The van der Waals surface area contributed by atoms with Crippen molar-refractivity contribution in [1.29, 1.82) is 0 Å². The molecule has 0 radical (unpaired) electrons. The second kappa shape index (κ2) is 6.16. The summed E-state index contributed by atoms with van der Waals surface area (Å²) in [5.74, 6) is 1.32. The molecular weight excluding hydrogens is 264 g/mol. The van der Waals surface area contributed by atoms with E-state index in [0.717, 1.165) is 31.5 Å². The molecule has 21 heavy (non-hydrogen) atoms. The molecule has 4 heteroatoms. The Morgan fingerprint density at radius 1 is 1.43 bits per heavy atom. The maximum atomic E-state index is 11.6. The van der Waals surface area contributed by atoms with Crippen molar-refractivity contribution in [3.63, 3.8) is 0 Å². The SMILES string of the molecule is CCC1C2CNCC2CN1Cc1cccc(C(=O)OC)c1. The molecule has 0 aliphatic carbocycles. The first kappa shape index (κ1) is 14.5. The van der Waals surface area contributed by atoms with Crippen molar-refractivity contribution in [2.24, 2.45) is 11.8 Å². The third kappa shape index (κ3) is 2.83. The van der Waals surface area contributed by atoms with Gasteiger partial charge in [-0.3, -0.25) is 4.90 Å². The summed E-state index contributed by atoms with van der Waals surface area (Å²) in [6, 6.07) is 8.49. The Kier molecular flexibility index (Phi) is 4.27. The predicted molar refractivity (Wildman–Crippen MR) is 82.1 cm³/mol. The highest BCUT2D eigenvalue weighted by molar-refractivity contribution is 5.89. The van der Waals surface area contributed by atoms with Gasteiger partial charge >= 0.3 is 5.97 Å². The molecule has 114 valence electrons. The van der Waals surface area contributed by atoms with Gasteiger partial charge in [0, 0.05) is 19.1 Å². The summed E-state index contributed by atoms with van der Waals surface area (Å²) in [5.41, 5.74) is 1.84. The topological polar surface area (TPSA) is 41.6 Å². The van der Waals surface area contributed by atoms with Crippen molar-refractivity contribution >= 4 is 5.97 Å². The summed E-state index contributed by atoms with van der Waals surface area (Å²) < 4.78 is 4.80. The zero-order chi connectivity index (χ0) is 14.8. The van der Waals surface area contributed by atoms with Gasteiger partial charge in [0.2, 0.25) is 0 Å². The van der Waals surface area contributed by atoms with Crippen LogP contribution in [0, 0.1) is 11.8 Å². The molecule has 4 nitrogen and oxygen atoms in total. The van der Waals surface area contributed by atoms with Crippen molar-refractivity contribution < 1.29 is 9.53 Å². The standard InChI is InChI=1S/C17H24N2O2/c1-3-16-15-9-18-8-14(15)11-19(16)10-12-5-4-6-13(7-12)17(20)21-2/h4-7,14-16,18H,3,8-11H2,1-2H3. The fourth-order valence-electron chi connectivity index (χ4n) is 4.00. The number of nitrogens with one attached hydrogen (secondary N) is 1. The van der Waals surface area contributed by atoms with E-state index in [1.54, 1.807) is 0 Å². The van der Waals surface area contributed by atoms with Gasteiger partial charge in [-0.1, -0.05) is 19.1 Å². The minimum absolute atomic E-state index is 0.258. The number of benzene rings is 1. The maximum Gasteiger partial charge on any atom is 0.337 e. The number of rotatable bonds is 4. The average Bonchev–Trinajstić information content (AvgIpc) is 3.07. The van der Waals surface area contributed by atoms with Crippen LogP contribution in [0.15, 0.2) is 24.3 Å². The lowest BCUT2D eigenvalue weighted by Gasteiger charge is -2.26. The molecule has 1 aromatic rings. The van der Waals surface area contributed by atoms with Crippen LogP contribution in [-0.2, 0) is 11.3 Å². The third-order valence-corrected chi connectivity index (χ3v) is 4.98. The van der Waals surface area contributed by atoms with Gasteiger partial charge in [0.1, 0.15) is 0 Å². The Hall–Kier alpha value is -1.39. The van der Waals surface area contributed by atoms with E-state index in [2.05, 4.69) is 23.2 Å². The van der Waals surface area contributed by atoms with Crippen LogP contribution in [0.25, 0.3) is 0 Å². The van der Waals surface area contributed by atoms with Crippen LogP contribution < -0.4 is 5.32 Å². The molecule has 1 aromatic carbocycles. The minimum Gasteiger partial charge on any atom is -0.465 e. The highest BCUT2D eigenvalue weighted by atomic mass is 16.5. The van der Waals surface area contributed by atoms with E-state index >= 15 is 0 Å². The van der Waals surface area contributed by atoms with Crippen molar-refractivity contribution in [2.45, 2.75) is 25.9 Å². The van der Waals surface area contributed by atoms with Crippen LogP contribution in [0.5, 0.6) is 0 Å². The van der Waals surface area contributed by atoms with Crippen LogP contribution in [0.3, 0.4) is 0 Å². The molecule has 3 atom stereocenters. The fraction of sp³-hybridized carbons (Fsp3) is 0.588. The van der Waals surface area contributed by atoms with Crippen LogP contribution in [0.1, 0.15) is 29.3 Å². The number of fused-ring (bicyclic) bond motifs is 1. The van der Waals surface area contributed by atoms with Gasteiger partial charge in [0.05, 0.1) is 12.7 Å². The van der Waals surface area contributed by atoms with E-state index in [0.29, 0.717) is 11.6 Å². The second-order valence-corrected chi connectivity index (χ2v) is 6.18. The number of ether oxygens (including phenoxy) is 1. The number of esters is 1. The summed E-state index contributed by atoms with van der Waals surface area (Å²) in [6.07, 6.45) is 1.19. The molecule has 2 heterocycles. The van der Waals surface area contributed by atoms with E-state index in [1.807, 2.05) is 18.2 Å². The zero-order valence-corrected chi connectivity index (χ0v) is 12.8. The second-order valence-electron chi connectivity index (χ2n) is 6.18. The largest absolute Gasteiger partial charge is 0.465 e. The van der Waals surface area contributed by atoms with Crippen molar-refractivity contribution in [3.05, 3.63) is 35.4 Å². The molecular formula is C17H24N2O2. The highest BCUT2D eigenvalue weighted by Crippen LogP contribution is 2.35. The highest BCUT2D eigenvalue weighted by Gasteiger charge is 2.42. The molecule has 1 N–H and O–H groups in total. The molecule has 0 bridgehead atoms. The first-order valence-corrected chi connectivity index (χ1v) is 7.85. The zero-order valence-electron chi connectivity index (χ0n) is 12.8. The van der Waals surface area contributed by atoms with E-state index in [1.165, 1.54) is 25.6 Å². The van der Waals surface area contributed by atoms with E-state index in [9.17, 15) is 4.79 Å². The molecule has 3 rings (SSSR count). The Morgan fingerprint density at radius 3 is 3.05 bits per heavy atom. The quantitative estimate of drug-likeness (QED) is 0.859. The maximum absolute atomic E-state index is 11.6. The lowest BCUT2D eigenvalue weighted by molar-refractivity contribution is 0.0600. The third-order valence-electron chi connectivity index (χ3n) is 4.98. The average molecular weight is 288 g/mol.